The minimum Gasteiger partial charge on any atom is -0.478 e. The molecular weight excluding hydrogens is 256 g/mol. The summed E-state index contributed by atoms with van der Waals surface area (Å²) in [6.45, 7) is 0.213. The van der Waals surface area contributed by atoms with Crippen molar-refractivity contribution in [1.82, 2.24) is 0 Å². The number of carboxylic acids is 1. The Morgan fingerprint density at radius 3 is 2.58 bits per heavy atom. The number of nitrogens with one attached hydrogen (secondary N) is 1. The first kappa shape index (κ1) is 14.9. The van der Waals surface area contributed by atoms with Gasteiger partial charge in [-0.2, -0.15) is 0 Å². The molecule has 0 atom stereocenters. The molecule has 1 aromatic rings. The molecule has 0 bridgehead atoms. The first-order chi connectivity index (χ1) is 8.99. The highest BCUT2D eigenvalue weighted by atomic mass is 16.7. The molecule has 0 saturated carbocycles. The molecule has 0 fully saturated rings. The molecule has 0 aliphatic carbocycles. The fourth-order valence-corrected chi connectivity index (χ4v) is 1.43. The standard InChI is InChI=1S/C11H14N2O6/c1-18-10(19-2)6-12-9-4-3-7(13(16)17)5-8(9)11(14)15/h3-5,10,12H,6H2,1-2H3,(H,14,15). The Labute approximate surface area is 109 Å². The van der Waals surface area contributed by atoms with Crippen LogP contribution in [0.15, 0.2) is 18.2 Å². The summed E-state index contributed by atoms with van der Waals surface area (Å²) in [6.07, 6.45) is -0.545. The van der Waals surface area contributed by atoms with Gasteiger partial charge in [-0.15, -0.1) is 0 Å². The Kier molecular flexibility index (Phi) is 5.22. The number of nitrogens with zero attached hydrogens (tertiary/aromatic N) is 1. The summed E-state index contributed by atoms with van der Waals surface area (Å²) >= 11 is 0. The van der Waals surface area contributed by atoms with Crippen LogP contribution in [0.2, 0.25) is 0 Å². The van der Waals surface area contributed by atoms with Gasteiger partial charge >= 0.3 is 5.97 Å². The third-order valence-electron chi connectivity index (χ3n) is 2.43. The van der Waals surface area contributed by atoms with E-state index in [4.69, 9.17) is 14.6 Å². The van der Waals surface area contributed by atoms with Gasteiger partial charge in [0.2, 0.25) is 0 Å². The number of hydrogen-bond acceptors (Lipinski definition) is 6. The number of anilines is 1. The van der Waals surface area contributed by atoms with E-state index in [1.165, 1.54) is 26.4 Å². The average molecular weight is 270 g/mol. The van der Waals surface area contributed by atoms with Gasteiger partial charge in [0.05, 0.1) is 17.0 Å². The van der Waals surface area contributed by atoms with Crippen molar-refractivity contribution in [3.8, 4) is 0 Å². The average Bonchev–Trinajstić information content (AvgIpc) is 2.39. The van der Waals surface area contributed by atoms with Crippen molar-refractivity contribution in [2.75, 3.05) is 26.1 Å². The van der Waals surface area contributed by atoms with Crippen LogP contribution < -0.4 is 5.32 Å². The van der Waals surface area contributed by atoms with Crippen molar-refractivity contribution in [2.45, 2.75) is 6.29 Å². The van der Waals surface area contributed by atoms with Crippen LogP contribution in [-0.4, -0.2) is 43.1 Å². The molecule has 0 aliphatic heterocycles. The van der Waals surface area contributed by atoms with E-state index in [-0.39, 0.29) is 23.5 Å². The summed E-state index contributed by atoms with van der Waals surface area (Å²) in [5.41, 5.74) is -0.199. The molecule has 0 saturated heterocycles. The lowest BCUT2D eigenvalue weighted by molar-refractivity contribution is -0.384. The molecule has 0 heterocycles. The first-order valence-corrected chi connectivity index (χ1v) is 5.30. The summed E-state index contributed by atoms with van der Waals surface area (Å²) in [5.74, 6) is -1.25. The number of rotatable bonds is 7. The van der Waals surface area contributed by atoms with E-state index in [2.05, 4.69) is 5.32 Å². The van der Waals surface area contributed by atoms with Crippen LogP contribution >= 0.6 is 0 Å². The molecule has 0 amide bonds. The topological polar surface area (TPSA) is 111 Å². The highest BCUT2D eigenvalue weighted by molar-refractivity contribution is 5.95. The molecule has 104 valence electrons. The van der Waals surface area contributed by atoms with Crippen molar-refractivity contribution in [3.05, 3.63) is 33.9 Å². The molecule has 8 heteroatoms. The molecule has 2 N–H and O–H groups in total. The number of non-ortho nitro benzene ring substituents is 1. The summed E-state index contributed by atoms with van der Waals surface area (Å²) in [6, 6.07) is 3.56. The van der Waals surface area contributed by atoms with E-state index in [0.717, 1.165) is 6.07 Å². The molecule has 8 nitrogen and oxygen atoms in total. The molecule has 0 spiro atoms. The van der Waals surface area contributed by atoms with Gasteiger partial charge < -0.3 is 19.9 Å². The number of carboxylic acid groups (broad SMARTS) is 1. The van der Waals surface area contributed by atoms with Crippen molar-refractivity contribution in [1.29, 1.82) is 0 Å². The molecular formula is C11H14N2O6. The number of carbonyl (C=O) groups is 1. The second kappa shape index (κ2) is 6.66. The molecule has 0 radical (unpaired) electrons. The van der Waals surface area contributed by atoms with Crippen LogP contribution in [0.25, 0.3) is 0 Å². The molecule has 0 unspecified atom stereocenters. The van der Waals surface area contributed by atoms with Gasteiger partial charge in [-0.3, -0.25) is 10.1 Å². The van der Waals surface area contributed by atoms with Crippen LogP contribution in [0.5, 0.6) is 0 Å². The fraction of sp³-hybridized carbons (Fsp3) is 0.364. The van der Waals surface area contributed by atoms with E-state index >= 15 is 0 Å². The maximum Gasteiger partial charge on any atom is 0.338 e. The largest absolute Gasteiger partial charge is 0.478 e. The van der Waals surface area contributed by atoms with Gasteiger partial charge in [0.15, 0.2) is 6.29 Å². The van der Waals surface area contributed by atoms with Gasteiger partial charge in [-0.25, -0.2) is 4.79 Å². The summed E-state index contributed by atoms with van der Waals surface area (Å²) in [4.78, 5) is 21.0. The Morgan fingerprint density at radius 1 is 1.47 bits per heavy atom. The number of nitro groups is 1. The van der Waals surface area contributed by atoms with Crippen molar-refractivity contribution in [2.24, 2.45) is 0 Å². The first-order valence-electron chi connectivity index (χ1n) is 5.30. The number of aromatic carboxylic acids is 1. The predicted molar refractivity (Wildman–Crippen MR) is 66.4 cm³/mol. The van der Waals surface area contributed by atoms with Gasteiger partial charge in [0.1, 0.15) is 0 Å². The van der Waals surface area contributed by atoms with Crippen LogP contribution in [0.4, 0.5) is 11.4 Å². The third-order valence-corrected chi connectivity index (χ3v) is 2.43. The lowest BCUT2D eigenvalue weighted by Gasteiger charge is -2.15. The van der Waals surface area contributed by atoms with E-state index in [9.17, 15) is 14.9 Å². The van der Waals surface area contributed by atoms with Gasteiger partial charge in [0.25, 0.3) is 5.69 Å². The smallest absolute Gasteiger partial charge is 0.338 e. The lowest BCUT2D eigenvalue weighted by atomic mass is 10.1. The van der Waals surface area contributed by atoms with Gasteiger partial charge in [-0.1, -0.05) is 0 Å². The molecule has 0 aromatic heterocycles. The zero-order valence-corrected chi connectivity index (χ0v) is 10.5. The molecule has 1 aromatic carbocycles. The normalized spacial score (nSPS) is 10.5. The number of hydrogen-bond donors (Lipinski definition) is 2. The number of benzene rings is 1. The Balaban J connectivity index is 2.94. The SMILES string of the molecule is COC(CNc1ccc([N+](=O)[O-])cc1C(=O)O)OC. The Morgan fingerprint density at radius 2 is 2.11 bits per heavy atom. The highest BCUT2D eigenvalue weighted by Gasteiger charge is 2.16. The van der Waals surface area contributed by atoms with Crippen LogP contribution in [0.3, 0.4) is 0 Å². The van der Waals surface area contributed by atoms with E-state index in [0.29, 0.717) is 0 Å². The number of nitro benzene ring substituents is 1. The summed E-state index contributed by atoms with van der Waals surface area (Å²) in [5, 5.41) is 22.4. The van der Waals surface area contributed by atoms with E-state index < -0.39 is 17.2 Å². The molecule has 0 aliphatic rings. The third kappa shape index (κ3) is 3.90. The van der Waals surface area contributed by atoms with E-state index in [1.807, 2.05) is 0 Å². The number of methoxy groups -OCH3 is 2. The lowest BCUT2D eigenvalue weighted by Crippen LogP contribution is -2.24. The second-order valence-electron chi connectivity index (χ2n) is 3.57. The zero-order chi connectivity index (χ0) is 14.4. The molecule has 1 rings (SSSR count). The quantitative estimate of drug-likeness (QED) is 0.436. The predicted octanol–water partition coefficient (Wildman–Crippen LogP) is 1.32. The maximum absolute atomic E-state index is 11.1. The van der Waals surface area contributed by atoms with Crippen molar-refractivity contribution >= 4 is 17.3 Å². The van der Waals surface area contributed by atoms with Crippen molar-refractivity contribution < 1.29 is 24.3 Å². The minimum atomic E-state index is -1.25. The second-order valence-corrected chi connectivity index (χ2v) is 3.57. The highest BCUT2D eigenvalue weighted by Crippen LogP contribution is 2.22. The Hall–Kier alpha value is -2.19. The minimum absolute atomic E-state index is 0.180. The van der Waals surface area contributed by atoms with Crippen LogP contribution in [0, 0.1) is 10.1 Å². The monoisotopic (exact) mass is 270 g/mol. The van der Waals surface area contributed by atoms with Crippen LogP contribution in [-0.2, 0) is 9.47 Å². The maximum atomic E-state index is 11.1. The molecule has 19 heavy (non-hydrogen) atoms. The van der Waals surface area contributed by atoms with Gasteiger partial charge in [0, 0.05) is 32.0 Å². The van der Waals surface area contributed by atoms with Gasteiger partial charge in [-0.05, 0) is 6.07 Å². The fourth-order valence-electron chi connectivity index (χ4n) is 1.43. The Bertz CT molecular complexity index is 472. The van der Waals surface area contributed by atoms with E-state index in [1.54, 1.807) is 0 Å². The summed E-state index contributed by atoms with van der Waals surface area (Å²) in [7, 11) is 2.90. The zero-order valence-electron chi connectivity index (χ0n) is 10.5. The van der Waals surface area contributed by atoms with Crippen LogP contribution in [0.1, 0.15) is 10.4 Å². The van der Waals surface area contributed by atoms with Crippen molar-refractivity contribution in [3.63, 3.8) is 0 Å². The summed E-state index contributed by atoms with van der Waals surface area (Å²) < 4.78 is 9.89. The number of ether oxygens (including phenoxy) is 2.